The molecule has 3 aromatic carbocycles. The molecule has 41 heavy (non-hydrogen) atoms. The van der Waals surface area contributed by atoms with Crippen molar-refractivity contribution in [2.24, 2.45) is 0 Å². The molecule has 0 aliphatic carbocycles. The number of aryl methyl sites for hydroxylation is 3. The largest absolute Gasteiger partial charge is 0.435 e. The lowest BCUT2D eigenvalue weighted by molar-refractivity contribution is -0.348. The van der Waals surface area contributed by atoms with E-state index in [1.165, 1.54) is 25.8 Å². The van der Waals surface area contributed by atoms with Crippen LogP contribution in [0.4, 0.5) is 42.1 Å². The zero-order valence-electron chi connectivity index (χ0n) is 22.4. The third-order valence-corrected chi connectivity index (χ3v) is 5.99. The van der Waals surface area contributed by atoms with Gasteiger partial charge < -0.3 is 4.90 Å². The van der Waals surface area contributed by atoms with Gasteiger partial charge in [0.2, 0.25) is 6.41 Å². The van der Waals surface area contributed by atoms with Gasteiger partial charge in [-0.25, -0.2) is 4.39 Å². The predicted octanol–water partition coefficient (Wildman–Crippen LogP) is 7.35. The number of halogens is 7. The average molecular weight is 582 g/mol. The molecular formula is C29H26F7N3O2. The number of amides is 2. The summed E-state index contributed by atoms with van der Waals surface area (Å²) in [5, 5.41) is 8.92. The highest BCUT2D eigenvalue weighted by Crippen LogP contribution is 2.53. The van der Waals surface area contributed by atoms with Crippen molar-refractivity contribution >= 4 is 23.7 Å². The number of carbonyl (C=O) groups is 2. The van der Waals surface area contributed by atoms with Crippen LogP contribution in [0.15, 0.2) is 66.7 Å². The number of hydrogen-bond acceptors (Lipinski definition) is 3. The molecule has 0 fully saturated rings. The number of alkyl halides is 7. The zero-order valence-corrected chi connectivity index (χ0v) is 22.4. The van der Waals surface area contributed by atoms with Crippen molar-refractivity contribution in [2.75, 3.05) is 23.4 Å². The topological polar surface area (TPSA) is 64.4 Å². The quantitative estimate of drug-likeness (QED) is 0.174. The highest BCUT2D eigenvalue weighted by atomic mass is 19.4. The highest BCUT2D eigenvalue weighted by Gasteiger charge is 2.73. The molecule has 0 saturated carbocycles. The Morgan fingerprint density at radius 2 is 1.39 bits per heavy atom. The molecule has 0 spiro atoms. The molecule has 12 heteroatoms. The van der Waals surface area contributed by atoms with Crippen LogP contribution in [-0.2, 0) is 10.5 Å². The van der Waals surface area contributed by atoms with E-state index >= 15 is 0 Å². The van der Waals surface area contributed by atoms with Crippen LogP contribution in [0, 0.1) is 32.1 Å². The Bertz CT molecular complexity index is 1380. The van der Waals surface area contributed by atoms with Gasteiger partial charge in [-0.3, -0.25) is 14.5 Å². The lowest BCUT2D eigenvalue weighted by atomic mass is 9.90. The SMILES string of the molecule is Cc1cc(C(F)(C(F)(F)F)C(F)(F)F)cc(C)c1N(C)C=O.Cc1cccc(N(CC#N)C(=O)c2ccccc2)c1. The number of nitriles is 1. The van der Waals surface area contributed by atoms with Gasteiger partial charge in [-0.05, 0) is 61.7 Å². The van der Waals surface area contributed by atoms with Crippen LogP contribution in [0.5, 0.6) is 0 Å². The second kappa shape index (κ2) is 12.8. The molecule has 0 radical (unpaired) electrons. The van der Waals surface area contributed by atoms with Crippen molar-refractivity contribution in [1.82, 2.24) is 0 Å². The van der Waals surface area contributed by atoms with Crippen molar-refractivity contribution in [3.8, 4) is 6.07 Å². The van der Waals surface area contributed by atoms with Gasteiger partial charge in [0.1, 0.15) is 6.54 Å². The lowest BCUT2D eigenvalue weighted by Gasteiger charge is -2.31. The van der Waals surface area contributed by atoms with Gasteiger partial charge in [0.05, 0.1) is 6.07 Å². The van der Waals surface area contributed by atoms with Gasteiger partial charge >= 0.3 is 18.0 Å². The van der Waals surface area contributed by atoms with E-state index < -0.39 is 23.6 Å². The first-order valence-corrected chi connectivity index (χ1v) is 11.9. The van der Waals surface area contributed by atoms with Gasteiger partial charge in [0.15, 0.2) is 0 Å². The van der Waals surface area contributed by atoms with E-state index in [1.807, 2.05) is 55.5 Å². The predicted molar refractivity (Wildman–Crippen MR) is 140 cm³/mol. The van der Waals surface area contributed by atoms with Gasteiger partial charge in [-0.2, -0.15) is 31.6 Å². The molecule has 0 aromatic heterocycles. The summed E-state index contributed by atoms with van der Waals surface area (Å²) in [5.41, 5.74) is -4.71. The molecule has 0 N–H and O–H groups in total. The second-order valence-electron chi connectivity index (χ2n) is 9.08. The third kappa shape index (κ3) is 7.22. The van der Waals surface area contributed by atoms with E-state index in [4.69, 9.17) is 5.26 Å². The highest BCUT2D eigenvalue weighted by molar-refractivity contribution is 6.06. The van der Waals surface area contributed by atoms with Gasteiger partial charge in [-0.1, -0.05) is 42.5 Å². The summed E-state index contributed by atoms with van der Waals surface area (Å²) in [6.07, 6.45) is -12.0. The molecule has 0 bridgehead atoms. The fourth-order valence-corrected chi connectivity index (χ4v) is 4.14. The van der Waals surface area contributed by atoms with E-state index in [0.717, 1.165) is 16.2 Å². The van der Waals surface area contributed by atoms with Crippen LogP contribution in [-0.4, -0.2) is 38.3 Å². The van der Waals surface area contributed by atoms with Crippen molar-refractivity contribution < 1.29 is 40.3 Å². The maximum atomic E-state index is 14.0. The summed E-state index contributed by atoms with van der Waals surface area (Å²) >= 11 is 0. The molecule has 2 amide bonds. The standard InChI is InChI=1S/C16H14N2O.C13H12F7NO/c1-13-6-5-9-15(12-13)18(11-10-17)16(19)14-7-3-2-4-8-14;1-7-4-9(5-8(2)10(7)21(3)6-22)11(14,12(15,16)17)13(18,19)20/h2-9,12H,11H2,1H3;4-6H,1-3H3. The van der Waals surface area contributed by atoms with E-state index in [1.54, 1.807) is 12.1 Å². The maximum absolute atomic E-state index is 14.0. The summed E-state index contributed by atoms with van der Waals surface area (Å²) in [6, 6.07) is 19.5. The van der Waals surface area contributed by atoms with Crippen LogP contribution < -0.4 is 9.80 Å². The summed E-state index contributed by atoms with van der Waals surface area (Å²) in [4.78, 5) is 25.6. The fourth-order valence-electron chi connectivity index (χ4n) is 4.14. The molecule has 3 rings (SSSR count). The van der Waals surface area contributed by atoms with E-state index in [0.29, 0.717) is 24.1 Å². The van der Waals surface area contributed by atoms with Crippen LogP contribution in [0.25, 0.3) is 0 Å². The van der Waals surface area contributed by atoms with Crippen molar-refractivity contribution in [3.05, 3.63) is 94.5 Å². The number of anilines is 2. The van der Waals surface area contributed by atoms with Gasteiger partial charge in [-0.15, -0.1) is 0 Å². The minimum absolute atomic E-state index is 0.0389. The molecule has 0 unspecified atom stereocenters. The van der Waals surface area contributed by atoms with Crippen LogP contribution >= 0.6 is 0 Å². The number of nitrogens with zero attached hydrogens (tertiary/aromatic N) is 3. The first-order valence-electron chi connectivity index (χ1n) is 11.9. The number of rotatable bonds is 6. The number of hydrogen-bond donors (Lipinski definition) is 0. The van der Waals surface area contributed by atoms with Crippen LogP contribution in [0.3, 0.4) is 0 Å². The molecule has 0 atom stereocenters. The van der Waals surface area contributed by atoms with Crippen LogP contribution in [0.2, 0.25) is 0 Å². The monoisotopic (exact) mass is 581 g/mol. The van der Waals surface area contributed by atoms with E-state index in [2.05, 4.69) is 0 Å². The van der Waals surface area contributed by atoms with Crippen molar-refractivity contribution in [2.45, 2.75) is 38.8 Å². The Morgan fingerprint density at radius 3 is 1.83 bits per heavy atom. The molecule has 218 valence electrons. The summed E-state index contributed by atoms with van der Waals surface area (Å²) in [5.74, 6) is -0.159. The molecule has 0 aliphatic rings. The minimum Gasteiger partial charge on any atom is -0.318 e. The molecule has 0 saturated heterocycles. The lowest BCUT2D eigenvalue weighted by Crippen LogP contribution is -2.50. The van der Waals surface area contributed by atoms with Crippen molar-refractivity contribution in [1.29, 1.82) is 5.26 Å². The summed E-state index contributed by atoms with van der Waals surface area (Å²) in [6.45, 7) is 4.39. The number of carbonyl (C=O) groups excluding carboxylic acids is 2. The Morgan fingerprint density at radius 1 is 0.854 bits per heavy atom. The fraction of sp³-hybridized carbons (Fsp3) is 0.276. The average Bonchev–Trinajstić information content (AvgIpc) is 2.89. The van der Waals surface area contributed by atoms with Gasteiger partial charge in [0.25, 0.3) is 5.91 Å². The summed E-state index contributed by atoms with van der Waals surface area (Å²) in [7, 11) is 1.28. The number of benzene rings is 3. The second-order valence-corrected chi connectivity index (χ2v) is 9.08. The first kappa shape index (κ1) is 32.8. The molecule has 3 aromatic rings. The minimum atomic E-state index is -6.16. The first-order chi connectivity index (χ1) is 19.0. The normalized spacial score (nSPS) is 11.6. The molecule has 5 nitrogen and oxygen atoms in total. The molecule has 0 heterocycles. The zero-order chi connectivity index (χ0) is 31.2. The third-order valence-electron chi connectivity index (χ3n) is 5.99. The maximum Gasteiger partial charge on any atom is 0.435 e. The Kier molecular flexibility index (Phi) is 10.3. The van der Waals surface area contributed by atoms with E-state index in [9.17, 15) is 40.3 Å². The Balaban J connectivity index is 0.000000289. The molecule has 0 aliphatic heterocycles. The molecular weight excluding hydrogens is 555 g/mol. The smallest absolute Gasteiger partial charge is 0.318 e. The van der Waals surface area contributed by atoms with Gasteiger partial charge in [0, 0.05) is 29.5 Å². The Hall–Kier alpha value is -4.40. The van der Waals surface area contributed by atoms with Crippen LogP contribution in [0.1, 0.15) is 32.6 Å². The summed E-state index contributed by atoms with van der Waals surface area (Å²) < 4.78 is 90.3. The van der Waals surface area contributed by atoms with E-state index in [-0.39, 0.29) is 29.3 Å². The van der Waals surface area contributed by atoms with Crippen molar-refractivity contribution in [3.63, 3.8) is 0 Å². The Labute approximate surface area is 232 Å².